The molecule has 1 atom stereocenters. The van der Waals surface area contributed by atoms with Crippen LogP contribution in [0.5, 0.6) is 0 Å². The van der Waals surface area contributed by atoms with Gasteiger partial charge < -0.3 is 20.1 Å². The minimum Gasteiger partial charge on any atom is -0.459 e. The van der Waals surface area contributed by atoms with E-state index in [2.05, 4.69) is 5.32 Å². The number of ether oxygens (including phenoxy) is 1. The lowest BCUT2D eigenvalue weighted by Crippen LogP contribution is -2.50. The highest BCUT2D eigenvalue weighted by Gasteiger charge is 2.27. The summed E-state index contributed by atoms with van der Waals surface area (Å²) in [5.74, 6) is -0.672. The van der Waals surface area contributed by atoms with Crippen LogP contribution in [0, 0.1) is 10.1 Å². The minimum atomic E-state index is -1.12. The van der Waals surface area contributed by atoms with Crippen molar-refractivity contribution in [2.24, 2.45) is 0 Å². The quantitative estimate of drug-likeness (QED) is 0.131. The monoisotopic (exact) mass is 567 g/mol. The van der Waals surface area contributed by atoms with Crippen molar-refractivity contribution in [3.05, 3.63) is 136 Å². The fourth-order valence-corrected chi connectivity index (χ4v) is 4.56. The Bertz CT molecular complexity index is 1470. The lowest BCUT2D eigenvalue weighted by Gasteiger charge is -2.25. The van der Waals surface area contributed by atoms with Gasteiger partial charge in [0.2, 0.25) is 0 Å². The lowest BCUT2D eigenvalue weighted by molar-refractivity contribution is -0.384. The number of carbonyl (C=O) groups is 2. The first kappa shape index (κ1) is 30.0. The molecule has 2 amide bonds. The molecule has 4 rings (SSSR count). The molecular weight excluding hydrogens is 534 g/mol. The van der Waals surface area contributed by atoms with Gasteiger partial charge in [0.05, 0.1) is 17.1 Å². The summed E-state index contributed by atoms with van der Waals surface area (Å²) in [5.41, 5.74) is 3.33. The molecular formula is C33H33N3O6. The first-order valence-corrected chi connectivity index (χ1v) is 13.7. The van der Waals surface area contributed by atoms with E-state index < -0.39 is 23.0 Å². The molecule has 0 bridgehead atoms. The maximum absolute atomic E-state index is 13.3. The average Bonchev–Trinajstić information content (AvgIpc) is 3.02. The number of carbonyl (C=O) groups excluding carboxylic acids is 2. The molecule has 0 heterocycles. The van der Waals surface area contributed by atoms with Gasteiger partial charge in [0, 0.05) is 25.6 Å². The van der Waals surface area contributed by atoms with Crippen LogP contribution in [-0.4, -0.2) is 52.7 Å². The van der Waals surface area contributed by atoms with Crippen LogP contribution in [-0.2, 0) is 29.0 Å². The maximum Gasteiger partial charge on any atom is 0.329 e. The van der Waals surface area contributed by atoms with E-state index >= 15 is 0 Å². The van der Waals surface area contributed by atoms with Crippen molar-refractivity contribution in [3.63, 3.8) is 0 Å². The molecule has 0 saturated heterocycles. The van der Waals surface area contributed by atoms with Crippen molar-refractivity contribution in [2.75, 3.05) is 19.7 Å². The van der Waals surface area contributed by atoms with Crippen LogP contribution in [0.4, 0.5) is 10.5 Å². The number of rotatable bonds is 13. The zero-order valence-corrected chi connectivity index (χ0v) is 23.1. The Morgan fingerprint density at radius 1 is 0.833 bits per heavy atom. The summed E-state index contributed by atoms with van der Waals surface area (Å²) in [6, 6.07) is 30.9. The molecule has 216 valence electrons. The zero-order valence-electron chi connectivity index (χ0n) is 23.1. The molecule has 0 aromatic heterocycles. The Hall–Kier alpha value is -5.02. The summed E-state index contributed by atoms with van der Waals surface area (Å²) >= 11 is 0. The van der Waals surface area contributed by atoms with Crippen LogP contribution >= 0.6 is 0 Å². The van der Waals surface area contributed by atoms with E-state index in [4.69, 9.17) is 4.74 Å². The number of hydrogen-bond acceptors (Lipinski definition) is 6. The highest BCUT2D eigenvalue weighted by atomic mass is 16.6. The second-order valence-electron chi connectivity index (χ2n) is 9.72. The molecule has 0 spiro atoms. The molecule has 0 aliphatic heterocycles. The van der Waals surface area contributed by atoms with Gasteiger partial charge in [-0.3, -0.25) is 10.1 Å². The van der Waals surface area contributed by atoms with E-state index in [1.165, 1.54) is 11.0 Å². The molecule has 9 nitrogen and oxygen atoms in total. The Morgan fingerprint density at radius 2 is 1.45 bits per heavy atom. The second-order valence-corrected chi connectivity index (χ2v) is 9.72. The van der Waals surface area contributed by atoms with Crippen LogP contribution in [0.2, 0.25) is 0 Å². The molecule has 0 aliphatic rings. The summed E-state index contributed by atoms with van der Waals surface area (Å²) in [6.07, 6.45) is 0.533. The standard InChI is InChI=1S/C33H33N3O6/c37-21-20-35(19-18-25-10-4-1-5-11-25)33(39)34-30(32(38)42-24-26-12-6-2-7-13-26)22-27-16-17-29(31(23-27)36(40)41)28-14-8-3-9-15-28/h1-17,23,30,37H,18-22,24H2,(H,34,39)/t30-/m0/s1. The number of aliphatic hydroxyl groups excluding tert-OH is 1. The predicted molar refractivity (Wildman–Crippen MR) is 160 cm³/mol. The summed E-state index contributed by atoms with van der Waals surface area (Å²) in [7, 11) is 0. The number of nitro groups is 1. The Morgan fingerprint density at radius 3 is 2.07 bits per heavy atom. The topological polar surface area (TPSA) is 122 Å². The summed E-state index contributed by atoms with van der Waals surface area (Å²) in [5, 5.41) is 24.3. The van der Waals surface area contributed by atoms with Crippen molar-refractivity contribution in [2.45, 2.75) is 25.5 Å². The fourth-order valence-electron chi connectivity index (χ4n) is 4.56. The number of nitrogens with zero attached hydrogens (tertiary/aromatic N) is 2. The molecule has 9 heteroatoms. The smallest absolute Gasteiger partial charge is 0.329 e. The van der Waals surface area contributed by atoms with Crippen molar-refractivity contribution in [1.29, 1.82) is 0 Å². The third-order valence-electron chi connectivity index (χ3n) is 6.76. The van der Waals surface area contributed by atoms with Crippen molar-refractivity contribution < 1.29 is 24.4 Å². The second kappa shape index (κ2) is 15.1. The fraction of sp³-hybridized carbons (Fsp3) is 0.212. The Labute approximate surface area is 244 Å². The van der Waals surface area contributed by atoms with E-state index in [1.54, 1.807) is 36.4 Å². The highest BCUT2D eigenvalue weighted by Crippen LogP contribution is 2.31. The molecule has 0 radical (unpaired) electrons. The molecule has 42 heavy (non-hydrogen) atoms. The first-order valence-electron chi connectivity index (χ1n) is 13.7. The van der Waals surface area contributed by atoms with Crippen LogP contribution < -0.4 is 5.32 Å². The average molecular weight is 568 g/mol. The minimum absolute atomic E-state index is 0.00744. The van der Waals surface area contributed by atoms with E-state index in [0.717, 1.165) is 11.1 Å². The van der Waals surface area contributed by atoms with Gasteiger partial charge in [-0.1, -0.05) is 97.1 Å². The normalized spacial score (nSPS) is 11.4. The number of nitrogens with one attached hydrogen (secondary N) is 1. The van der Waals surface area contributed by atoms with Gasteiger partial charge in [-0.2, -0.15) is 0 Å². The van der Waals surface area contributed by atoms with Crippen LogP contribution in [0.25, 0.3) is 11.1 Å². The number of amides is 2. The van der Waals surface area contributed by atoms with Crippen LogP contribution in [0.1, 0.15) is 16.7 Å². The van der Waals surface area contributed by atoms with E-state index in [9.17, 15) is 24.8 Å². The summed E-state index contributed by atoms with van der Waals surface area (Å²) < 4.78 is 5.55. The summed E-state index contributed by atoms with van der Waals surface area (Å²) in [4.78, 5) is 39.6. The van der Waals surface area contributed by atoms with Gasteiger partial charge in [0.15, 0.2) is 0 Å². The molecule has 0 fully saturated rings. The highest BCUT2D eigenvalue weighted by molar-refractivity contribution is 5.84. The Balaban J connectivity index is 1.55. The van der Waals surface area contributed by atoms with Gasteiger partial charge >= 0.3 is 12.0 Å². The Kier molecular flexibility index (Phi) is 10.8. The number of esters is 1. The molecule has 4 aromatic rings. The van der Waals surface area contributed by atoms with Gasteiger partial charge in [0.1, 0.15) is 12.6 Å². The first-order chi connectivity index (χ1) is 20.4. The van der Waals surface area contributed by atoms with E-state index in [0.29, 0.717) is 29.7 Å². The van der Waals surface area contributed by atoms with Gasteiger partial charge in [-0.05, 0) is 34.7 Å². The van der Waals surface area contributed by atoms with Gasteiger partial charge in [0.25, 0.3) is 5.69 Å². The van der Waals surface area contributed by atoms with Crippen LogP contribution in [0.3, 0.4) is 0 Å². The molecule has 0 aliphatic carbocycles. The third kappa shape index (κ3) is 8.49. The lowest BCUT2D eigenvalue weighted by atomic mass is 9.98. The SMILES string of the molecule is O=C(OCc1ccccc1)[C@H](Cc1ccc(-c2ccccc2)c([N+](=O)[O-])c1)NC(=O)N(CCO)CCc1ccccc1. The number of urea groups is 1. The summed E-state index contributed by atoms with van der Waals surface area (Å²) in [6.45, 7) is 0.146. The molecule has 0 unspecified atom stereocenters. The molecule has 0 saturated carbocycles. The van der Waals surface area contributed by atoms with Crippen molar-refractivity contribution >= 4 is 17.7 Å². The van der Waals surface area contributed by atoms with Crippen molar-refractivity contribution in [3.8, 4) is 11.1 Å². The van der Waals surface area contributed by atoms with Gasteiger partial charge in [-0.15, -0.1) is 0 Å². The number of hydrogen-bond donors (Lipinski definition) is 2. The third-order valence-corrected chi connectivity index (χ3v) is 6.76. The largest absolute Gasteiger partial charge is 0.459 e. The number of benzene rings is 4. The van der Waals surface area contributed by atoms with Crippen molar-refractivity contribution in [1.82, 2.24) is 10.2 Å². The number of nitro benzene ring substituents is 1. The molecule has 4 aromatic carbocycles. The van der Waals surface area contributed by atoms with E-state index in [1.807, 2.05) is 66.7 Å². The predicted octanol–water partition coefficient (Wildman–Crippen LogP) is 5.16. The van der Waals surface area contributed by atoms with Gasteiger partial charge in [-0.25, -0.2) is 9.59 Å². The van der Waals surface area contributed by atoms with Crippen LogP contribution in [0.15, 0.2) is 109 Å². The maximum atomic E-state index is 13.3. The van der Waals surface area contributed by atoms with E-state index in [-0.39, 0.29) is 31.9 Å². The zero-order chi connectivity index (χ0) is 29.7. The molecule has 2 N–H and O–H groups in total. The number of aliphatic hydroxyl groups is 1.